The Hall–Kier alpha value is -3.23. The summed E-state index contributed by atoms with van der Waals surface area (Å²) < 4.78 is 37.5. The van der Waals surface area contributed by atoms with Gasteiger partial charge in [-0.1, -0.05) is 18.2 Å². The van der Waals surface area contributed by atoms with Gasteiger partial charge in [-0.15, -0.1) is 11.3 Å². The SMILES string of the molecule is CS(=O)(=O)c1ccc2sc(C(=O)Nc3cc(-c4ccc(F)cc4)ccc3N)cc2c1. The van der Waals surface area contributed by atoms with Gasteiger partial charge < -0.3 is 11.1 Å². The Kier molecular flexibility index (Phi) is 5.05. The third kappa shape index (κ3) is 4.05. The number of carbonyl (C=O) groups is 1. The van der Waals surface area contributed by atoms with E-state index in [0.29, 0.717) is 21.6 Å². The third-order valence-corrected chi connectivity index (χ3v) is 6.84. The van der Waals surface area contributed by atoms with E-state index in [-0.39, 0.29) is 16.6 Å². The highest BCUT2D eigenvalue weighted by atomic mass is 32.2. The largest absolute Gasteiger partial charge is 0.397 e. The quantitative estimate of drug-likeness (QED) is 0.440. The Morgan fingerprint density at radius 2 is 1.67 bits per heavy atom. The molecule has 0 atom stereocenters. The summed E-state index contributed by atoms with van der Waals surface area (Å²) in [6.07, 6.45) is 1.14. The van der Waals surface area contributed by atoms with E-state index >= 15 is 0 Å². The number of hydrogen-bond acceptors (Lipinski definition) is 5. The zero-order chi connectivity index (χ0) is 21.5. The number of carbonyl (C=O) groups excluding carboxylic acids is 1. The van der Waals surface area contributed by atoms with Crippen LogP contribution in [0.2, 0.25) is 0 Å². The number of amides is 1. The van der Waals surface area contributed by atoms with E-state index in [4.69, 9.17) is 5.73 Å². The maximum absolute atomic E-state index is 13.2. The van der Waals surface area contributed by atoms with Gasteiger partial charge in [0.1, 0.15) is 5.82 Å². The fourth-order valence-electron chi connectivity index (χ4n) is 3.03. The van der Waals surface area contributed by atoms with Gasteiger partial charge in [0.25, 0.3) is 5.91 Å². The molecule has 0 aliphatic heterocycles. The Morgan fingerprint density at radius 3 is 2.37 bits per heavy atom. The lowest BCUT2D eigenvalue weighted by Crippen LogP contribution is -2.11. The van der Waals surface area contributed by atoms with Crippen molar-refractivity contribution in [2.24, 2.45) is 0 Å². The van der Waals surface area contributed by atoms with Gasteiger partial charge in [0.2, 0.25) is 0 Å². The predicted molar refractivity (Wildman–Crippen MR) is 119 cm³/mol. The second kappa shape index (κ2) is 7.55. The number of nitrogens with one attached hydrogen (secondary N) is 1. The van der Waals surface area contributed by atoms with E-state index in [9.17, 15) is 17.6 Å². The number of nitrogen functional groups attached to an aromatic ring is 1. The molecular weight excluding hydrogens is 423 g/mol. The first-order valence-electron chi connectivity index (χ1n) is 8.91. The molecule has 1 aromatic heterocycles. The summed E-state index contributed by atoms with van der Waals surface area (Å²) in [7, 11) is -3.33. The van der Waals surface area contributed by atoms with Gasteiger partial charge in [0.15, 0.2) is 9.84 Å². The molecule has 0 radical (unpaired) electrons. The zero-order valence-corrected chi connectivity index (χ0v) is 17.5. The fourth-order valence-corrected chi connectivity index (χ4v) is 4.63. The van der Waals surface area contributed by atoms with Gasteiger partial charge in [-0.3, -0.25) is 4.79 Å². The van der Waals surface area contributed by atoms with Crippen LogP contribution in [0.25, 0.3) is 21.2 Å². The van der Waals surface area contributed by atoms with E-state index in [1.54, 1.807) is 48.5 Å². The second-order valence-electron chi connectivity index (χ2n) is 6.85. The molecule has 1 amide bonds. The molecule has 0 saturated carbocycles. The molecule has 0 spiro atoms. The molecule has 5 nitrogen and oxygen atoms in total. The Bertz CT molecular complexity index is 1380. The number of rotatable bonds is 4. The van der Waals surface area contributed by atoms with Crippen molar-refractivity contribution in [3.8, 4) is 11.1 Å². The lowest BCUT2D eigenvalue weighted by atomic mass is 10.0. The van der Waals surface area contributed by atoms with Crippen LogP contribution >= 0.6 is 11.3 Å². The molecule has 4 rings (SSSR count). The van der Waals surface area contributed by atoms with Crippen molar-refractivity contribution < 1.29 is 17.6 Å². The average molecular weight is 441 g/mol. The molecule has 0 aliphatic carbocycles. The summed E-state index contributed by atoms with van der Waals surface area (Å²) in [5, 5.41) is 3.49. The van der Waals surface area contributed by atoms with Gasteiger partial charge in [0, 0.05) is 11.0 Å². The maximum Gasteiger partial charge on any atom is 0.265 e. The van der Waals surface area contributed by atoms with Crippen LogP contribution in [0.15, 0.2) is 71.6 Å². The molecule has 0 aliphatic rings. The van der Waals surface area contributed by atoms with E-state index < -0.39 is 9.84 Å². The first kappa shape index (κ1) is 20.1. The molecule has 152 valence electrons. The van der Waals surface area contributed by atoms with Gasteiger partial charge in [-0.25, -0.2) is 12.8 Å². The number of benzene rings is 3. The Balaban J connectivity index is 1.63. The Morgan fingerprint density at radius 1 is 0.967 bits per heavy atom. The molecule has 0 bridgehead atoms. The molecule has 0 saturated heterocycles. The summed E-state index contributed by atoms with van der Waals surface area (Å²) in [5.74, 6) is -0.674. The van der Waals surface area contributed by atoms with Crippen LogP contribution in [0, 0.1) is 5.82 Å². The molecular formula is C22H17FN2O3S2. The van der Waals surface area contributed by atoms with E-state index in [2.05, 4.69) is 5.32 Å². The van der Waals surface area contributed by atoms with Crippen molar-refractivity contribution in [1.29, 1.82) is 0 Å². The Labute approximate surface area is 176 Å². The molecule has 1 heterocycles. The highest BCUT2D eigenvalue weighted by Crippen LogP contribution is 2.31. The topological polar surface area (TPSA) is 89.3 Å². The van der Waals surface area contributed by atoms with Crippen molar-refractivity contribution >= 4 is 48.5 Å². The molecule has 4 aromatic rings. The highest BCUT2D eigenvalue weighted by Gasteiger charge is 2.15. The number of thiophene rings is 1. The van der Waals surface area contributed by atoms with Crippen molar-refractivity contribution in [3.05, 3.63) is 77.4 Å². The highest BCUT2D eigenvalue weighted by molar-refractivity contribution is 7.90. The molecule has 30 heavy (non-hydrogen) atoms. The van der Waals surface area contributed by atoms with E-state index in [0.717, 1.165) is 22.1 Å². The summed E-state index contributed by atoms with van der Waals surface area (Å²) in [6, 6.07) is 17.7. The third-order valence-electron chi connectivity index (χ3n) is 4.62. The van der Waals surface area contributed by atoms with Crippen LogP contribution < -0.4 is 11.1 Å². The normalized spacial score (nSPS) is 11.5. The van der Waals surface area contributed by atoms with Gasteiger partial charge in [-0.2, -0.15) is 0 Å². The number of anilines is 2. The maximum atomic E-state index is 13.2. The molecule has 3 aromatic carbocycles. The number of hydrogen-bond donors (Lipinski definition) is 2. The zero-order valence-electron chi connectivity index (χ0n) is 15.8. The van der Waals surface area contributed by atoms with Gasteiger partial charge in [-0.05, 0) is 65.0 Å². The minimum atomic E-state index is -3.33. The second-order valence-corrected chi connectivity index (χ2v) is 9.95. The standard InChI is InChI=1S/C22H17FN2O3S2/c1-30(27,28)17-7-9-20-15(10-17)12-21(29-20)22(26)25-19-11-14(4-8-18(19)24)13-2-5-16(23)6-3-13/h2-12H,24H2,1H3,(H,25,26). The smallest absolute Gasteiger partial charge is 0.265 e. The van der Waals surface area contributed by atoms with Crippen LogP contribution in [0.5, 0.6) is 0 Å². The summed E-state index contributed by atoms with van der Waals surface area (Å²) in [5.41, 5.74) is 8.44. The number of halogens is 1. The average Bonchev–Trinajstić information content (AvgIpc) is 3.13. The lowest BCUT2D eigenvalue weighted by molar-refractivity contribution is 0.103. The van der Waals surface area contributed by atoms with Crippen molar-refractivity contribution in [2.45, 2.75) is 4.90 Å². The summed E-state index contributed by atoms with van der Waals surface area (Å²) >= 11 is 1.26. The van der Waals surface area contributed by atoms with Crippen molar-refractivity contribution in [3.63, 3.8) is 0 Å². The first-order chi connectivity index (χ1) is 14.2. The molecule has 3 N–H and O–H groups in total. The number of sulfone groups is 1. The fraction of sp³-hybridized carbons (Fsp3) is 0.0455. The van der Waals surface area contributed by atoms with E-state index in [1.165, 1.54) is 29.5 Å². The van der Waals surface area contributed by atoms with Crippen LogP contribution in [0.1, 0.15) is 9.67 Å². The van der Waals surface area contributed by atoms with Crippen LogP contribution in [0.4, 0.5) is 15.8 Å². The van der Waals surface area contributed by atoms with Gasteiger partial charge in [0.05, 0.1) is 21.1 Å². The van der Waals surface area contributed by atoms with E-state index in [1.807, 2.05) is 0 Å². The number of fused-ring (bicyclic) bond motifs is 1. The summed E-state index contributed by atoms with van der Waals surface area (Å²) in [4.78, 5) is 13.4. The molecule has 0 unspecified atom stereocenters. The molecule has 8 heteroatoms. The molecule has 0 fully saturated rings. The minimum Gasteiger partial charge on any atom is -0.397 e. The van der Waals surface area contributed by atoms with Crippen molar-refractivity contribution in [2.75, 3.05) is 17.3 Å². The van der Waals surface area contributed by atoms with Crippen LogP contribution in [0.3, 0.4) is 0 Å². The van der Waals surface area contributed by atoms with Gasteiger partial charge >= 0.3 is 0 Å². The monoisotopic (exact) mass is 440 g/mol. The van der Waals surface area contributed by atoms with Crippen molar-refractivity contribution in [1.82, 2.24) is 0 Å². The van der Waals surface area contributed by atoms with Crippen LogP contribution in [-0.4, -0.2) is 20.6 Å². The predicted octanol–water partition coefficient (Wildman–Crippen LogP) is 4.95. The summed E-state index contributed by atoms with van der Waals surface area (Å²) in [6.45, 7) is 0. The lowest BCUT2D eigenvalue weighted by Gasteiger charge is -2.10. The first-order valence-corrected chi connectivity index (χ1v) is 11.6. The van der Waals surface area contributed by atoms with Crippen LogP contribution in [-0.2, 0) is 9.84 Å². The minimum absolute atomic E-state index is 0.205. The number of nitrogens with two attached hydrogens (primary N) is 1.